The number of nitrogens with zero attached hydrogens (tertiary/aromatic N) is 2. The first-order chi connectivity index (χ1) is 27.5. The van der Waals surface area contributed by atoms with Crippen LogP contribution in [0.25, 0.3) is 0 Å². The molecule has 0 N–H and O–H groups in total. The molecule has 0 aromatic heterocycles. The number of benzene rings is 6. The third-order valence-corrected chi connectivity index (χ3v) is 13.6. The summed E-state index contributed by atoms with van der Waals surface area (Å²) in [6.07, 6.45) is 0. The Morgan fingerprint density at radius 2 is 0.492 bits per heavy atom. The van der Waals surface area contributed by atoms with Crippen LogP contribution < -0.4 is 21.2 Å². The Morgan fingerprint density at radius 1 is 0.344 bits per heavy atom. The molecule has 0 heterocycles. The maximum absolute atomic E-state index is 11.2. The van der Waals surface area contributed by atoms with Gasteiger partial charge < -0.3 is 0 Å². The monoisotopic (exact) mass is 1210 g/mol. The SMILES string of the molecule is C[C@@H]([C@H](C)P(c1ccccc1)c1ccccc1)P(c1ccccc1)c1ccccc1.N#Cc1ccccc1.N#Cc1ccccc1.[F][Sb-]([F])([F])([F])([F])[F].[F][Sb-]([F])([F])([F])([F])[F].[Pd+2]. The summed E-state index contributed by atoms with van der Waals surface area (Å²) in [5, 5.41) is 22.4. The van der Waals surface area contributed by atoms with Crippen LogP contribution in [0.5, 0.6) is 0 Å². The fourth-order valence-corrected chi connectivity index (χ4v) is 11.2. The molecule has 0 aliphatic carbocycles. The van der Waals surface area contributed by atoms with Crippen LogP contribution >= 0.6 is 15.8 Å². The van der Waals surface area contributed by atoms with Crippen molar-refractivity contribution in [3.63, 3.8) is 0 Å². The summed E-state index contributed by atoms with van der Waals surface area (Å²) in [4.78, 5) is 0. The zero-order valence-corrected chi connectivity index (χ0v) is 40.5. The van der Waals surface area contributed by atoms with Gasteiger partial charge >= 0.3 is 93.1 Å². The molecule has 6 rings (SSSR count). The van der Waals surface area contributed by atoms with Gasteiger partial charge in [-0.15, -0.1) is 0 Å². The normalized spacial score (nSPS) is 13.9. The molecule has 2 nitrogen and oxygen atoms in total. The molecule has 19 heteroatoms. The van der Waals surface area contributed by atoms with E-state index in [0.29, 0.717) is 22.4 Å². The molecule has 0 aliphatic heterocycles. The van der Waals surface area contributed by atoms with Gasteiger partial charge in [-0.05, 0) is 72.6 Å². The molecule has 0 saturated carbocycles. The van der Waals surface area contributed by atoms with Gasteiger partial charge in [-0.3, -0.25) is 0 Å². The van der Waals surface area contributed by atoms with Gasteiger partial charge in [-0.2, -0.15) is 10.5 Å². The van der Waals surface area contributed by atoms with Crippen molar-refractivity contribution in [2.45, 2.75) is 25.2 Å². The van der Waals surface area contributed by atoms with Gasteiger partial charge in [0.25, 0.3) is 0 Å². The van der Waals surface area contributed by atoms with Crippen LogP contribution in [0.2, 0.25) is 0 Å². The zero-order valence-electron chi connectivity index (χ0n) is 32.0. The van der Waals surface area contributed by atoms with Crippen molar-refractivity contribution in [3.05, 3.63) is 193 Å². The molecule has 2 atom stereocenters. The van der Waals surface area contributed by atoms with Crippen molar-refractivity contribution in [1.82, 2.24) is 0 Å². The van der Waals surface area contributed by atoms with E-state index >= 15 is 0 Å². The summed E-state index contributed by atoms with van der Waals surface area (Å²) < 4.78 is 119. The van der Waals surface area contributed by atoms with Crippen LogP contribution in [0.15, 0.2) is 182 Å². The number of nitriles is 2. The van der Waals surface area contributed by atoms with Crippen LogP contribution in [0, 0.1) is 22.7 Å². The molecule has 0 amide bonds. The minimum atomic E-state index is -11.2. The number of halogens is 12. The average Bonchev–Trinajstić information content (AvgIpc) is 3.18. The van der Waals surface area contributed by atoms with E-state index in [1.807, 2.05) is 48.5 Å². The first-order valence-corrected chi connectivity index (χ1v) is 31.7. The van der Waals surface area contributed by atoms with Gasteiger partial charge in [0.2, 0.25) is 0 Å². The fourth-order valence-electron chi connectivity index (χ4n) is 5.05. The number of hydrogen-bond donors (Lipinski definition) is 0. The number of hydrogen-bond acceptors (Lipinski definition) is 2. The summed E-state index contributed by atoms with van der Waals surface area (Å²) in [5.41, 5.74) is 2.53. The van der Waals surface area contributed by atoms with Gasteiger partial charge in [0.15, 0.2) is 0 Å². The molecule has 0 aliphatic rings. The predicted molar refractivity (Wildman–Crippen MR) is 224 cm³/mol. The summed E-state index contributed by atoms with van der Waals surface area (Å²) in [7, 11) is -0.897. The Balaban J connectivity index is 0.000000485. The second kappa shape index (κ2) is 22.3. The molecule has 0 spiro atoms. The second-order valence-corrected chi connectivity index (χ2v) is 28.6. The second-order valence-electron chi connectivity index (χ2n) is 12.4. The van der Waals surface area contributed by atoms with Crippen LogP contribution in [-0.2, 0) is 20.4 Å². The summed E-state index contributed by atoms with van der Waals surface area (Å²) in [6.45, 7) is 4.94. The Bertz CT molecular complexity index is 1990. The first-order valence-electron chi connectivity index (χ1n) is 17.3. The van der Waals surface area contributed by atoms with E-state index in [-0.39, 0.29) is 20.4 Å². The molecule has 0 bridgehead atoms. The average molecular weight is 1210 g/mol. The van der Waals surface area contributed by atoms with E-state index in [9.17, 15) is 33.8 Å². The van der Waals surface area contributed by atoms with E-state index in [2.05, 4.69) is 135 Å². The van der Waals surface area contributed by atoms with Gasteiger partial charge in [-0.1, -0.05) is 172 Å². The largest absolute Gasteiger partial charge is 2.00 e. The van der Waals surface area contributed by atoms with Gasteiger partial charge in [0.05, 0.1) is 23.3 Å². The summed E-state index contributed by atoms with van der Waals surface area (Å²) >= 11 is -22.5. The molecule has 0 saturated heterocycles. The van der Waals surface area contributed by atoms with Gasteiger partial charge in [0.1, 0.15) is 0 Å². The zero-order chi connectivity index (χ0) is 45.2. The van der Waals surface area contributed by atoms with Crippen LogP contribution in [0.4, 0.5) is 33.8 Å². The maximum atomic E-state index is 9.93. The molecular formula is C42H38F12N2P2PdSb2. The maximum Gasteiger partial charge on any atom is 2.00 e. The van der Waals surface area contributed by atoms with Crippen molar-refractivity contribution < 1.29 is 54.2 Å². The molecule has 6 aromatic carbocycles. The van der Waals surface area contributed by atoms with Crippen molar-refractivity contribution in [2.75, 3.05) is 0 Å². The molecule has 6 aromatic rings. The molecule has 0 unspecified atom stereocenters. The van der Waals surface area contributed by atoms with E-state index in [0.717, 1.165) is 0 Å². The van der Waals surface area contributed by atoms with E-state index in [1.165, 1.54) is 21.2 Å². The smallest absolute Gasteiger partial charge is 2.00 e. The minimum Gasteiger partial charge on any atom is 2.00 e. The van der Waals surface area contributed by atoms with E-state index in [4.69, 9.17) is 10.5 Å². The Hall–Kier alpha value is -3.38. The minimum absolute atomic E-state index is 0. The van der Waals surface area contributed by atoms with Crippen molar-refractivity contribution >= 4 is 76.0 Å². The van der Waals surface area contributed by atoms with Crippen LogP contribution in [-0.4, -0.2) is 50.3 Å². The van der Waals surface area contributed by atoms with E-state index < -0.39 is 54.8 Å². The van der Waals surface area contributed by atoms with Crippen LogP contribution in [0.1, 0.15) is 25.0 Å². The molecule has 0 radical (unpaired) electrons. The topological polar surface area (TPSA) is 47.6 Å². The fraction of sp³-hybridized carbons (Fsp3) is 0.0952. The number of rotatable bonds is 7. The standard InChI is InChI=1S/C28H28P2.2C7H5N.12FH.Pd.2Sb/c1-23(29(25-15-7-3-8-16-25)26-17-9-4-10-18-26)24(2)30(27-19-11-5-12-20-27)28-21-13-6-14-22-28;2*8-6-7-4-2-1-3-5-7;;;;;;;;;;;;;;;/h3-24H,1-2H3;2*1-5H;12*1H;;;/q;;;;;;;;;;;;;;;+2;2*+5/p-12/t23-,24-;;;;;;;;;;;;;;;;;/m0................./s1. The quantitative estimate of drug-likeness (QED) is 0.0908. The molecule has 61 heavy (non-hydrogen) atoms. The summed E-state index contributed by atoms with van der Waals surface area (Å²) in [6, 6.07) is 66.8. The van der Waals surface area contributed by atoms with Crippen molar-refractivity contribution in [3.8, 4) is 12.1 Å². The molecule has 330 valence electrons. The Kier molecular flexibility index (Phi) is 20.3. The van der Waals surface area contributed by atoms with E-state index in [1.54, 1.807) is 24.3 Å². The Labute approximate surface area is 368 Å². The molecular weight excluding hydrogens is 1170 g/mol. The van der Waals surface area contributed by atoms with Crippen LogP contribution in [0.3, 0.4) is 0 Å². The third kappa shape index (κ3) is 28.8. The van der Waals surface area contributed by atoms with Gasteiger partial charge in [-0.25, -0.2) is 0 Å². The first kappa shape index (κ1) is 55.6. The molecule has 0 fully saturated rings. The summed E-state index contributed by atoms with van der Waals surface area (Å²) in [5.74, 6) is 0. The van der Waals surface area contributed by atoms with Crippen molar-refractivity contribution in [2.24, 2.45) is 0 Å². The van der Waals surface area contributed by atoms with Gasteiger partial charge in [0, 0.05) is 0 Å². The Morgan fingerprint density at radius 3 is 0.623 bits per heavy atom. The van der Waals surface area contributed by atoms with Crippen molar-refractivity contribution in [1.29, 1.82) is 10.5 Å². The third-order valence-electron chi connectivity index (χ3n) is 7.46. The predicted octanol–water partition coefficient (Wildman–Crippen LogP) is 13.4.